The molecular weight excluding hydrogens is 368 g/mol. The first-order chi connectivity index (χ1) is 13.9. The normalized spacial score (nSPS) is 10.4. The first-order valence-electron chi connectivity index (χ1n) is 9.11. The summed E-state index contributed by atoms with van der Waals surface area (Å²) in [7, 11) is 3.16. The number of nitrogens with zero attached hydrogens (tertiary/aromatic N) is 2. The van der Waals surface area contributed by atoms with Gasteiger partial charge >= 0.3 is 0 Å². The highest BCUT2D eigenvalue weighted by Gasteiger charge is 2.12. The van der Waals surface area contributed by atoms with E-state index in [1.54, 1.807) is 26.4 Å². The Bertz CT molecular complexity index is 1010. The minimum Gasteiger partial charge on any atom is -0.493 e. The topological polar surface area (TPSA) is 85.4 Å². The summed E-state index contributed by atoms with van der Waals surface area (Å²) < 4.78 is 10.5. The van der Waals surface area contributed by atoms with Crippen molar-refractivity contribution < 1.29 is 14.3 Å². The number of amides is 1. The fourth-order valence-corrected chi connectivity index (χ4v) is 3.13. The van der Waals surface area contributed by atoms with Gasteiger partial charge in [-0.15, -0.1) is 0 Å². The van der Waals surface area contributed by atoms with Crippen molar-refractivity contribution in [2.24, 2.45) is 0 Å². The summed E-state index contributed by atoms with van der Waals surface area (Å²) in [5.74, 6) is 1.45. The zero-order chi connectivity index (χ0) is 21.0. The summed E-state index contributed by atoms with van der Waals surface area (Å²) in [5.41, 5.74) is 4.98. The fraction of sp³-hybridized carbons (Fsp3) is 0.227. The van der Waals surface area contributed by atoms with Crippen molar-refractivity contribution in [2.75, 3.05) is 24.9 Å². The molecule has 0 saturated carbocycles. The predicted octanol–water partition coefficient (Wildman–Crippen LogP) is 4.41. The standard InChI is InChI=1S/C22H24N4O3/c1-13-8-14(2)21(15(3)9-13)26-22(27)17-11-24-20(12-23-17)25-16-6-7-18(28-4)19(10-16)29-5/h6-12H,1-5H3,(H,24,25)(H,26,27). The number of aryl methyl sites for hydroxylation is 3. The van der Waals surface area contributed by atoms with Gasteiger partial charge in [0, 0.05) is 17.4 Å². The average molecular weight is 392 g/mol. The van der Waals surface area contributed by atoms with Crippen molar-refractivity contribution in [1.82, 2.24) is 9.97 Å². The van der Waals surface area contributed by atoms with Crippen LogP contribution < -0.4 is 20.1 Å². The van der Waals surface area contributed by atoms with E-state index in [-0.39, 0.29) is 11.6 Å². The van der Waals surface area contributed by atoms with E-state index in [2.05, 4.69) is 20.6 Å². The molecule has 2 N–H and O–H groups in total. The van der Waals surface area contributed by atoms with Gasteiger partial charge in [-0.1, -0.05) is 17.7 Å². The van der Waals surface area contributed by atoms with Crippen LogP contribution in [-0.2, 0) is 0 Å². The molecule has 1 amide bonds. The Morgan fingerprint density at radius 2 is 1.59 bits per heavy atom. The minimum absolute atomic E-state index is 0.238. The molecule has 0 bridgehead atoms. The summed E-state index contributed by atoms with van der Waals surface area (Å²) in [5, 5.41) is 6.06. The van der Waals surface area contributed by atoms with E-state index in [9.17, 15) is 4.79 Å². The number of methoxy groups -OCH3 is 2. The van der Waals surface area contributed by atoms with Gasteiger partial charge in [-0.3, -0.25) is 4.79 Å². The van der Waals surface area contributed by atoms with Crippen LogP contribution in [0.25, 0.3) is 0 Å². The minimum atomic E-state index is -0.301. The van der Waals surface area contributed by atoms with Gasteiger partial charge in [0.1, 0.15) is 11.5 Å². The highest BCUT2D eigenvalue weighted by molar-refractivity contribution is 6.03. The third kappa shape index (κ3) is 4.63. The number of rotatable bonds is 6. The van der Waals surface area contributed by atoms with Gasteiger partial charge in [0.2, 0.25) is 0 Å². The number of carbonyl (C=O) groups excluding carboxylic acids is 1. The summed E-state index contributed by atoms with van der Waals surface area (Å²) >= 11 is 0. The lowest BCUT2D eigenvalue weighted by Crippen LogP contribution is -2.16. The number of benzene rings is 2. The molecule has 0 fully saturated rings. The van der Waals surface area contributed by atoms with Crippen LogP contribution >= 0.6 is 0 Å². The van der Waals surface area contributed by atoms with Crippen LogP contribution in [0.5, 0.6) is 11.5 Å². The Labute approximate surface area is 170 Å². The third-order valence-electron chi connectivity index (χ3n) is 4.46. The molecule has 3 aromatic rings. The van der Waals surface area contributed by atoms with Crippen molar-refractivity contribution in [1.29, 1.82) is 0 Å². The van der Waals surface area contributed by atoms with Crippen molar-refractivity contribution in [3.8, 4) is 11.5 Å². The van der Waals surface area contributed by atoms with Crippen LogP contribution in [0, 0.1) is 20.8 Å². The summed E-state index contributed by atoms with van der Waals surface area (Å²) in [6.45, 7) is 5.97. The van der Waals surface area contributed by atoms with E-state index >= 15 is 0 Å². The Hall–Kier alpha value is -3.61. The molecule has 1 heterocycles. The maximum atomic E-state index is 12.6. The number of anilines is 3. The Kier molecular flexibility index (Phi) is 5.97. The van der Waals surface area contributed by atoms with E-state index in [0.29, 0.717) is 17.3 Å². The highest BCUT2D eigenvalue weighted by atomic mass is 16.5. The van der Waals surface area contributed by atoms with Gasteiger partial charge in [0.25, 0.3) is 5.91 Å². The fourth-order valence-electron chi connectivity index (χ4n) is 3.13. The van der Waals surface area contributed by atoms with Gasteiger partial charge in [0.05, 0.1) is 26.6 Å². The maximum Gasteiger partial charge on any atom is 0.275 e. The first-order valence-corrected chi connectivity index (χ1v) is 9.11. The summed E-state index contributed by atoms with van der Waals surface area (Å²) in [6.07, 6.45) is 2.96. The van der Waals surface area contributed by atoms with Crippen LogP contribution in [0.1, 0.15) is 27.2 Å². The van der Waals surface area contributed by atoms with Crippen LogP contribution in [-0.4, -0.2) is 30.1 Å². The smallest absolute Gasteiger partial charge is 0.275 e. The Morgan fingerprint density at radius 1 is 0.897 bits per heavy atom. The number of ether oxygens (including phenoxy) is 2. The molecule has 0 saturated heterocycles. The highest BCUT2D eigenvalue weighted by Crippen LogP contribution is 2.30. The van der Waals surface area contributed by atoms with E-state index < -0.39 is 0 Å². The molecule has 0 aliphatic heterocycles. The second-order valence-electron chi connectivity index (χ2n) is 6.71. The molecule has 0 aliphatic carbocycles. The van der Waals surface area contributed by atoms with Crippen LogP contribution in [0.2, 0.25) is 0 Å². The quantitative estimate of drug-likeness (QED) is 0.646. The maximum absolute atomic E-state index is 12.6. The molecule has 2 aromatic carbocycles. The molecule has 7 heteroatoms. The van der Waals surface area contributed by atoms with E-state index in [4.69, 9.17) is 9.47 Å². The molecule has 150 valence electrons. The van der Waals surface area contributed by atoms with Gasteiger partial charge < -0.3 is 20.1 Å². The molecule has 3 rings (SSSR count). The number of nitrogens with one attached hydrogen (secondary N) is 2. The Morgan fingerprint density at radius 3 is 2.17 bits per heavy atom. The summed E-state index contributed by atoms with van der Waals surface area (Å²) in [6, 6.07) is 9.49. The first kappa shape index (κ1) is 20.1. The number of hydrogen-bond donors (Lipinski definition) is 2. The average Bonchev–Trinajstić information content (AvgIpc) is 2.71. The molecule has 0 spiro atoms. The Balaban J connectivity index is 1.72. The second-order valence-corrected chi connectivity index (χ2v) is 6.71. The van der Waals surface area contributed by atoms with E-state index in [1.807, 2.05) is 39.0 Å². The zero-order valence-corrected chi connectivity index (χ0v) is 17.2. The second kappa shape index (κ2) is 8.60. The molecule has 0 aliphatic rings. The van der Waals surface area contributed by atoms with Gasteiger partial charge in [0.15, 0.2) is 11.5 Å². The lowest BCUT2D eigenvalue weighted by molar-refractivity contribution is 0.102. The lowest BCUT2D eigenvalue weighted by Gasteiger charge is -2.13. The van der Waals surface area contributed by atoms with Crippen molar-refractivity contribution >= 4 is 23.1 Å². The van der Waals surface area contributed by atoms with E-state index in [0.717, 1.165) is 28.1 Å². The monoisotopic (exact) mass is 392 g/mol. The van der Waals surface area contributed by atoms with Crippen molar-refractivity contribution in [2.45, 2.75) is 20.8 Å². The van der Waals surface area contributed by atoms with Crippen LogP contribution in [0.15, 0.2) is 42.7 Å². The van der Waals surface area contributed by atoms with Crippen molar-refractivity contribution in [3.63, 3.8) is 0 Å². The number of aromatic nitrogens is 2. The van der Waals surface area contributed by atoms with Gasteiger partial charge in [-0.05, 0) is 44.0 Å². The molecule has 0 unspecified atom stereocenters. The molecule has 0 radical (unpaired) electrons. The van der Waals surface area contributed by atoms with E-state index in [1.165, 1.54) is 12.4 Å². The largest absolute Gasteiger partial charge is 0.493 e. The zero-order valence-electron chi connectivity index (χ0n) is 17.2. The van der Waals surface area contributed by atoms with Crippen LogP contribution in [0.4, 0.5) is 17.2 Å². The van der Waals surface area contributed by atoms with Gasteiger partial charge in [-0.25, -0.2) is 9.97 Å². The molecule has 0 atom stereocenters. The molecule has 1 aromatic heterocycles. The summed E-state index contributed by atoms with van der Waals surface area (Å²) in [4.78, 5) is 21.1. The predicted molar refractivity (Wildman–Crippen MR) is 113 cm³/mol. The lowest BCUT2D eigenvalue weighted by atomic mass is 10.1. The number of carbonyl (C=O) groups is 1. The van der Waals surface area contributed by atoms with Crippen molar-refractivity contribution in [3.05, 3.63) is 65.1 Å². The SMILES string of the molecule is COc1ccc(Nc2cnc(C(=O)Nc3c(C)cc(C)cc3C)cn2)cc1OC. The molecular formula is C22H24N4O3. The third-order valence-corrected chi connectivity index (χ3v) is 4.46. The van der Waals surface area contributed by atoms with Gasteiger partial charge in [-0.2, -0.15) is 0 Å². The number of hydrogen-bond acceptors (Lipinski definition) is 6. The van der Waals surface area contributed by atoms with Crippen LogP contribution in [0.3, 0.4) is 0 Å². The molecule has 7 nitrogen and oxygen atoms in total. The molecule has 29 heavy (non-hydrogen) atoms.